The van der Waals surface area contributed by atoms with Crippen LogP contribution in [0.3, 0.4) is 0 Å². The van der Waals surface area contributed by atoms with Gasteiger partial charge in [0.05, 0.1) is 6.10 Å². The van der Waals surface area contributed by atoms with Gasteiger partial charge in [0.2, 0.25) is 0 Å². The van der Waals surface area contributed by atoms with Crippen molar-refractivity contribution in [1.29, 1.82) is 0 Å². The smallest absolute Gasteiger partial charge is 0.318 e. The van der Waals surface area contributed by atoms with Crippen LogP contribution in [0, 0.1) is 11.8 Å². The Bertz CT molecular complexity index is 155. The summed E-state index contributed by atoms with van der Waals surface area (Å²) in [7, 11) is 0. The Kier molecular flexibility index (Phi) is 5.57. The second-order valence-electron chi connectivity index (χ2n) is 4.56. The molecule has 0 amide bonds. The Morgan fingerprint density at radius 1 is 1.07 bits per heavy atom. The molecule has 1 atom stereocenters. The second kappa shape index (κ2) is 5.64. The van der Waals surface area contributed by atoms with E-state index in [1.165, 1.54) is 0 Å². The van der Waals surface area contributed by atoms with Crippen LogP contribution in [0.5, 0.6) is 0 Å². The zero-order valence-corrected chi connectivity index (χ0v) is 9.81. The molecule has 0 fully saturated rings. The molecule has 0 unspecified atom stereocenters. The topological polar surface area (TPSA) is 9.23 Å². The molecule has 0 aliphatic heterocycles. The maximum Gasteiger partial charge on any atom is 0.355 e. The molecule has 0 N–H and O–H groups in total. The molecule has 0 spiro atoms. The summed E-state index contributed by atoms with van der Waals surface area (Å²) in [5.41, 5.74) is 0. The molecule has 3 heteroatoms. The monoisotopic (exact) mass is 208 g/mol. The Hall–Kier alpha value is -0.180. The predicted octanol–water partition coefficient (Wildman–Crippen LogP) is 4.08. The molecule has 0 aromatic carbocycles. The fourth-order valence-electron chi connectivity index (χ4n) is 1.13. The van der Waals surface area contributed by atoms with Gasteiger partial charge >= 0.3 is 6.11 Å². The van der Waals surface area contributed by atoms with Crippen molar-refractivity contribution in [1.82, 2.24) is 0 Å². The summed E-state index contributed by atoms with van der Waals surface area (Å²) in [5.74, 6) is 0.765. The summed E-state index contributed by atoms with van der Waals surface area (Å²) < 4.78 is 30.7. The third-order valence-electron chi connectivity index (χ3n) is 2.44. The van der Waals surface area contributed by atoms with Crippen LogP contribution in [-0.4, -0.2) is 12.2 Å². The minimum absolute atomic E-state index is 0.176. The van der Waals surface area contributed by atoms with Crippen molar-refractivity contribution in [2.45, 2.75) is 59.7 Å². The minimum Gasteiger partial charge on any atom is -0.318 e. The van der Waals surface area contributed by atoms with E-state index in [-0.39, 0.29) is 6.42 Å². The van der Waals surface area contributed by atoms with Gasteiger partial charge in [-0.3, -0.25) is 0 Å². The molecule has 0 bridgehead atoms. The van der Waals surface area contributed by atoms with E-state index in [9.17, 15) is 8.78 Å². The third kappa shape index (κ3) is 6.30. The lowest BCUT2D eigenvalue weighted by Gasteiger charge is -2.22. The number of hydrogen-bond donors (Lipinski definition) is 0. The molecule has 0 rings (SSSR count). The van der Waals surface area contributed by atoms with E-state index in [4.69, 9.17) is 0 Å². The standard InChI is InChI=1S/C11H22F2O/c1-8(2)10(5)6-7-11(12,13)14-9(3)4/h8-10H,6-7H2,1-5H3/t10-/m0/s1. The molecule has 0 aliphatic carbocycles. The van der Waals surface area contributed by atoms with Crippen molar-refractivity contribution in [2.24, 2.45) is 11.8 Å². The fourth-order valence-corrected chi connectivity index (χ4v) is 1.13. The molecular weight excluding hydrogens is 186 g/mol. The van der Waals surface area contributed by atoms with E-state index in [2.05, 4.69) is 4.74 Å². The van der Waals surface area contributed by atoms with Gasteiger partial charge in [-0.2, -0.15) is 8.78 Å². The Morgan fingerprint density at radius 2 is 1.57 bits per heavy atom. The lowest BCUT2D eigenvalue weighted by molar-refractivity contribution is -0.261. The van der Waals surface area contributed by atoms with Crippen LogP contribution >= 0.6 is 0 Å². The van der Waals surface area contributed by atoms with Gasteiger partial charge in [-0.05, 0) is 32.1 Å². The van der Waals surface area contributed by atoms with Gasteiger partial charge in [-0.1, -0.05) is 20.8 Å². The first-order valence-corrected chi connectivity index (χ1v) is 5.30. The average molecular weight is 208 g/mol. The van der Waals surface area contributed by atoms with E-state index in [1.807, 2.05) is 20.8 Å². The first kappa shape index (κ1) is 13.8. The van der Waals surface area contributed by atoms with Crippen LogP contribution in [0.4, 0.5) is 8.78 Å². The van der Waals surface area contributed by atoms with E-state index in [0.717, 1.165) is 0 Å². The molecule has 0 aromatic rings. The van der Waals surface area contributed by atoms with Crippen LogP contribution in [0.15, 0.2) is 0 Å². The molecule has 0 saturated heterocycles. The summed E-state index contributed by atoms with van der Waals surface area (Å²) in [6.45, 7) is 9.34. The number of ether oxygens (including phenoxy) is 1. The highest BCUT2D eigenvalue weighted by molar-refractivity contribution is 4.62. The van der Waals surface area contributed by atoms with Crippen molar-refractivity contribution in [3.63, 3.8) is 0 Å². The quantitative estimate of drug-likeness (QED) is 0.639. The van der Waals surface area contributed by atoms with E-state index in [1.54, 1.807) is 13.8 Å². The lowest BCUT2D eigenvalue weighted by Crippen LogP contribution is -2.26. The van der Waals surface area contributed by atoms with Crippen molar-refractivity contribution < 1.29 is 13.5 Å². The summed E-state index contributed by atoms with van der Waals surface area (Å²) >= 11 is 0. The van der Waals surface area contributed by atoms with Crippen molar-refractivity contribution in [2.75, 3.05) is 0 Å². The second-order valence-corrected chi connectivity index (χ2v) is 4.56. The molecule has 0 aliphatic rings. The maximum atomic E-state index is 13.1. The Balaban J connectivity index is 3.86. The minimum atomic E-state index is -2.96. The number of hydrogen-bond acceptors (Lipinski definition) is 1. The molecule has 14 heavy (non-hydrogen) atoms. The third-order valence-corrected chi connectivity index (χ3v) is 2.44. The molecule has 0 saturated carbocycles. The van der Waals surface area contributed by atoms with Gasteiger partial charge in [-0.15, -0.1) is 0 Å². The van der Waals surface area contributed by atoms with Gasteiger partial charge in [0.25, 0.3) is 0 Å². The Morgan fingerprint density at radius 3 is 1.93 bits per heavy atom. The number of halogens is 2. The summed E-state index contributed by atoms with van der Waals surface area (Å²) in [6.07, 6.45) is -3.04. The molecule has 1 nitrogen and oxygen atoms in total. The van der Waals surface area contributed by atoms with Crippen LogP contribution in [0.1, 0.15) is 47.5 Å². The van der Waals surface area contributed by atoms with E-state index < -0.39 is 12.2 Å². The maximum absolute atomic E-state index is 13.1. The first-order valence-electron chi connectivity index (χ1n) is 5.30. The summed E-state index contributed by atoms with van der Waals surface area (Å²) in [4.78, 5) is 0. The van der Waals surface area contributed by atoms with Crippen LogP contribution < -0.4 is 0 Å². The molecule has 0 aromatic heterocycles. The molecule has 86 valence electrons. The Labute approximate surface area is 85.8 Å². The zero-order valence-electron chi connectivity index (χ0n) is 9.81. The highest BCUT2D eigenvalue weighted by atomic mass is 19.3. The van der Waals surface area contributed by atoms with Crippen LogP contribution in [-0.2, 0) is 4.74 Å². The highest BCUT2D eigenvalue weighted by Crippen LogP contribution is 2.27. The van der Waals surface area contributed by atoms with Crippen LogP contribution in [0.2, 0.25) is 0 Å². The zero-order chi connectivity index (χ0) is 11.4. The average Bonchev–Trinajstić information content (AvgIpc) is 1.97. The van der Waals surface area contributed by atoms with Crippen molar-refractivity contribution in [3.8, 4) is 0 Å². The van der Waals surface area contributed by atoms with Crippen molar-refractivity contribution in [3.05, 3.63) is 0 Å². The van der Waals surface area contributed by atoms with Crippen molar-refractivity contribution >= 4 is 0 Å². The predicted molar refractivity (Wildman–Crippen MR) is 54.4 cm³/mol. The molecule has 0 radical (unpaired) electrons. The number of alkyl halides is 2. The fraction of sp³-hybridized carbons (Fsp3) is 1.00. The highest BCUT2D eigenvalue weighted by Gasteiger charge is 2.31. The van der Waals surface area contributed by atoms with Gasteiger partial charge in [0.1, 0.15) is 0 Å². The molecule has 0 heterocycles. The van der Waals surface area contributed by atoms with Crippen LogP contribution in [0.25, 0.3) is 0 Å². The first-order chi connectivity index (χ1) is 6.24. The number of rotatable bonds is 6. The summed E-state index contributed by atoms with van der Waals surface area (Å²) in [6, 6.07) is 0. The van der Waals surface area contributed by atoms with Gasteiger partial charge in [-0.25, -0.2) is 0 Å². The van der Waals surface area contributed by atoms with E-state index in [0.29, 0.717) is 18.3 Å². The van der Waals surface area contributed by atoms with Gasteiger partial charge in [0.15, 0.2) is 0 Å². The van der Waals surface area contributed by atoms with Gasteiger partial charge < -0.3 is 4.74 Å². The SMILES string of the molecule is CC(C)OC(F)(F)CC[C@H](C)C(C)C. The largest absolute Gasteiger partial charge is 0.355 e. The van der Waals surface area contributed by atoms with E-state index >= 15 is 0 Å². The lowest BCUT2D eigenvalue weighted by atomic mass is 9.93. The summed E-state index contributed by atoms with van der Waals surface area (Å²) in [5, 5.41) is 0. The normalized spacial score (nSPS) is 15.2. The van der Waals surface area contributed by atoms with Gasteiger partial charge in [0, 0.05) is 6.42 Å². The molecular formula is C11H22F2O.